The number of halogens is 1. The normalized spacial score (nSPS) is 18.6. The lowest BCUT2D eigenvalue weighted by atomic mass is 9.90. The Morgan fingerprint density at radius 1 is 1.26 bits per heavy atom. The van der Waals surface area contributed by atoms with Gasteiger partial charge in [-0.25, -0.2) is 4.79 Å². The SMILES string of the molecule is O=C(NC1(C(=O)O)CCCCCC1)c1coc(Br)c1. The molecule has 1 aliphatic rings. The Morgan fingerprint density at radius 2 is 1.89 bits per heavy atom. The van der Waals surface area contributed by atoms with E-state index < -0.39 is 17.4 Å². The van der Waals surface area contributed by atoms with Gasteiger partial charge in [-0.15, -0.1) is 0 Å². The first-order valence-corrected chi connectivity index (χ1v) is 7.13. The van der Waals surface area contributed by atoms with Gasteiger partial charge in [-0.1, -0.05) is 25.7 Å². The molecule has 6 heteroatoms. The number of aliphatic carboxylic acids is 1. The van der Waals surface area contributed by atoms with Crippen LogP contribution >= 0.6 is 15.9 Å². The van der Waals surface area contributed by atoms with Crippen LogP contribution in [0.4, 0.5) is 0 Å². The van der Waals surface area contributed by atoms with E-state index in [4.69, 9.17) is 4.42 Å². The van der Waals surface area contributed by atoms with Gasteiger partial charge >= 0.3 is 5.97 Å². The number of rotatable bonds is 3. The lowest BCUT2D eigenvalue weighted by Crippen LogP contribution is -2.54. The summed E-state index contributed by atoms with van der Waals surface area (Å²) in [5, 5.41) is 12.1. The van der Waals surface area contributed by atoms with Crippen LogP contribution in [-0.4, -0.2) is 22.5 Å². The predicted octanol–water partition coefficient (Wildman–Crippen LogP) is 2.95. The molecule has 1 heterocycles. The minimum atomic E-state index is -1.14. The summed E-state index contributed by atoms with van der Waals surface area (Å²) in [5.41, 5.74) is -0.811. The van der Waals surface area contributed by atoms with Crippen molar-refractivity contribution in [3.8, 4) is 0 Å². The summed E-state index contributed by atoms with van der Waals surface area (Å²) >= 11 is 3.12. The molecule has 1 fully saturated rings. The Bertz CT molecular complexity index is 475. The molecule has 1 saturated carbocycles. The fourth-order valence-electron chi connectivity index (χ4n) is 2.44. The third-order valence-electron chi connectivity index (χ3n) is 3.55. The Labute approximate surface area is 119 Å². The van der Waals surface area contributed by atoms with E-state index in [2.05, 4.69) is 21.2 Å². The fraction of sp³-hybridized carbons (Fsp3) is 0.538. The van der Waals surface area contributed by atoms with Gasteiger partial charge < -0.3 is 14.8 Å². The van der Waals surface area contributed by atoms with Crippen LogP contribution in [0.5, 0.6) is 0 Å². The minimum Gasteiger partial charge on any atom is -0.480 e. The number of carbonyl (C=O) groups is 2. The molecule has 0 spiro atoms. The van der Waals surface area contributed by atoms with Crippen molar-refractivity contribution in [2.75, 3.05) is 0 Å². The molecular weight excluding hydrogens is 314 g/mol. The van der Waals surface area contributed by atoms with Crippen LogP contribution in [-0.2, 0) is 4.79 Å². The zero-order valence-electron chi connectivity index (χ0n) is 10.4. The number of amides is 1. The second kappa shape index (κ2) is 5.77. The van der Waals surface area contributed by atoms with Crippen molar-refractivity contribution in [3.05, 3.63) is 22.6 Å². The second-order valence-electron chi connectivity index (χ2n) is 4.90. The van der Waals surface area contributed by atoms with Crippen LogP contribution in [0, 0.1) is 0 Å². The molecule has 0 radical (unpaired) electrons. The van der Waals surface area contributed by atoms with E-state index in [-0.39, 0.29) is 0 Å². The van der Waals surface area contributed by atoms with Crippen LogP contribution in [0.3, 0.4) is 0 Å². The molecular formula is C13H16BrNO4. The van der Waals surface area contributed by atoms with Crippen molar-refractivity contribution in [2.24, 2.45) is 0 Å². The Kier molecular flexibility index (Phi) is 4.29. The average molecular weight is 330 g/mol. The Hall–Kier alpha value is -1.30. The maximum Gasteiger partial charge on any atom is 0.329 e. The number of furan rings is 1. The number of nitrogens with one attached hydrogen (secondary N) is 1. The van der Waals surface area contributed by atoms with Crippen LogP contribution in [0.1, 0.15) is 48.9 Å². The van der Waals surface area contributed by atoms with Gasteiger partial charge in [-0.2, -0.15) is 0 Å². The molecule has 0 saturated heterocycles. The first-order chi connectivity index (χ1) is 9.03. The third kappa shape index (κ3) is 3.18. The van der Waals surface area contributed by atoms with Crippen LogP contribution in [0.2, 0.25) is 0 Å². The van der Waals surface area contributed by atoms with E-state index >= 15 is 0 Å². The highest BCUT2D eigenvalue weighted by Gasteiger charge is 2.40. The van der Waals surface area contributed by atoms with Crippen molar-refractivity contribution in [3.63, 3.8) is 0 Å². The summed E-state index contributed by atoms with van der Waals surface area (Å²) in [6, 6.07) is 1.53. The maximum absolute atomic E-state index is 12.1. The van der Waals surface area contributed by atoms with Crippen molar-refractivity contribution in [1.82, 2.24) is 5.32 Å². The van der Waals surface area contributed by atoms with Crippen LogP contribution < -0.4 is 5.32 Å². The third-order valence-corrected chi connectivity index (χ3v) is 3.96. The standard InChI is InChI=1S/C13H16BrNO4/c14-10-7-9(8-19-10)11(16)15-13(12(17)18)5-3-1-2-4-6-13/h7-8H,1-6H2,(H,15,16)(H,17,18). The zero-order chi connectivity index (χ0) is 13.9. The van der Waals surface area contributed by atoms with Gasteiger partial charge in [0.1, 0.15) is 11.8 Å². The number of carboxylic acid groups (broad SMARTS) is 1. The van der Waals surface area contributed by atoms with Crippen molar-refractivity contribution >= 4 is 27.8 Å². The molecule has 0 unspecified atom stereocenters. The van der Waals surface area contributed by atoms with Gasteiger partial charge in [0.15, 0.2) is 4.67 Å². The van der Waals surface area contributed by atoms with E-state index in [9.17, 15) is 14.7 Å². The maximum atomic E-state index is 12.1. The van der Waals surface area contributed by atoms with Gasteiger partial charge in [0.2, 0.25) is 0 Å². The molecule has 0 bridgehead atoms. The predicted molar refractivity (Wildman–Crippen MR) is 71.9 cm³/mol. The molecule has 2 N–H and O–H groups in total. The summed E-state index contributed by atoms with van der Waals surface area (Å²) in [4.78, 5) is 23.6. The van der Waals surface area contributed by atoms with Crippen molar-refractivity contribution in [2.45, 2.75) is 44.1 Å². The highest BCUT2D eigenvalue weighted by Crippen LogP contribution is 2.28. The number of carbonyl (C=O) groups excluding carboxylic acids is 1. The summed E-state index contributed by atoms with van der Waals surface area (Å²) in [6.07, 6.45) is 5.94. The second-order valence-corrected chi connectivity index (χ2v) is 5.68. The summed E-state index contributed by atoms with van der Waals surface area (Å²) in [7, 11) is 0. The minimum absolute atomic E-state index is 0.330. The highest BCUT2D eigenvalue weighted by atomic mass is 79.9. The molecule has 2 rings (SSSR count). The lowest BCUT2D eigenvalue weighted by Gasteiger charge is -2.29. The van der Waals surface area contributed by atoms with Crippen LogP contribution in [0.25, 0.3) is 0 Å². The molecule has 1 aliphatic carbocycles. The average Bonchev–Trinajstić information content (AvgIpc) is 2.65. The first-order valence-electron chi connectivity index (χ1n) is 6.33. The quantitative estimate of drug-likeness (QED) is 0.835. The van der Waals surface area contributed by atoms with Gasteiger partial charge in [0.25, 0.3) is 5.91 Å². The Morgan fingerprint density at radius 3 is 2.37 bits per heavy atom. The molecule has 104 valence electrons. The number of hydrogen-bond donors (Lipinski definition) is 2. The Balaban J connectivity index is 2.16. The van der Waals surface area contributed by atoms with Crippen molar-refractivity contribution in [1.29, 1.82) is 0 Å². The molecule has 19 heavy (non-hydrogen) atoms. The lowest BCUT2D eigenvalue weighted by molar-refractivity contribution is -0.145. The van der Waals surface area contributed by atoms with E-state index in [0.717, 1.165) is 25.7 Å². The van der Waals surface area contributed by atoms with Gasteiger partial charge in [-0.3, -0.25) is 4.79 Å². The largest absolute Gasteiger partial charge is 0.480 e. The summed E-state index contributed by atoms with van der Waals surface area (Å²) < 4.78 is 5.45. The zero-order valence-corrected chi connectivity index (χ0v) is 12.0. The molecule has 0 aromatic carbocycles. The molecule has 5 nitrogen and oxygen atoms in total. The molecule has 0 aliphatic heterocycles. The van der Waals surface area contributed by atoms with Gasteiger partial charge in [0.05, 0.1) is 5.56 Å². The smallest absolute Gasteiger partial charge is 0.329 e. The van der Waals surface area contributed by atoms with E-state index in [1.54, 1.807) is 0 Å². The number of carboxylic acids is 1. The summed E-state index contributed by atoms with van der Waals surface area (Å²) in [5.74, 6) is -1.36. The molecule has 1 aromatic heterocycles. The van der Waals surface area contributed by atoms with E-state index in [0.29, 0.717) is 23.1 Å². The fourth-order valence-corrected chi connectivity index (χ4v) is 2.78. The van der Waals surface area contributed by atoms with E-state index in [1.165, 1.54) is 12.3 Å². The van der Waals surface area contributed by atoms with Gasteiger partial charge in [0, 0.05) is 6.07 Å². The molecule has 1 amide bonds. The first kappa shape index (κ1) is 14.1. The topological polar surface area (TPSA) is 79.5 Å². The summed E-state index contributed by atoms with van der Waals surface area (Å²) in [6.45, 7) is 0. The van der Waals surface area contributed by atoms with Gasteiger partial charge in [-0.05, 0) is 28.8 Å². The molecule has 0 atom stereocenters. The number of hydrogen-bond acceptors (Lipinski definition) is 3. The van der Waals surface area contributed by atoms with Crippen molar-refractivity contribution < 1.29 is 19.1 Å². The highest BCUT2D eigenvalue weighted by molar-refractivity contribution is 9.10. The van der Waals surface area contributed by atoms with E-state index in [1.807, 2.05) is 0 Å². The van der Waals surface area contributed by atoms with Crippen LogP contribution in [0.15, 0.2) is 21.4 Å². The molecule has 1 aromatic rings. The monoisotopic (exact) mass is 329 g/mol.